The maximum Gasteiger partial charge on any atom is 0.0373 e. The third-order valence-electron chi connectivity index (χ3n) is 3.63. The Hall–Kier alpha value is -2.22. The fraction of sp³-hybridized carbons (Fsp3) is 0.263. The first-order valence-corrected chi connectivity index (χ1v) is 7.61. The van der Waals surface area contributed by atoms with Gasteiger partial charge in [0.25, 0.3) is 0 Å². The number of hydrogen-bond acceptors (Lipinski definition) is 2. The lowest BCUT2D eigenvalue weighted by Crippen LogP contribution is -2.00. The highest BCUT2D eigenvalue weighted by Gasteiger charge is 2.06. The first-order valence-electron chi connectivity index (χ1n) is 7.61. The quantitative estimate of drug-likeness (QED) is 0.455. The van der Waals surface area contributed by atoms with E-state index in [4.69, 9.17) is 11.5 Å². The smallest absolute Gasteiger partial charge is 0.0373 e. The van der Waals surface area contributed by atoms with Crippen LogP contribution in [0.3, 0.4) is 0 Å². The minimum absolute atomic E-state index is 0.722. The van der Waals surface area contributed by atoms with Crippen LogP contribution in [-0.2, 0) is 6.42 Å². The van der Waals surface area contributed by atoms with E-state index in [1.165, 1.54) is 24.0 Å². The largest absolute Gasteiger partial charge is 0.399 e. The van der Waals surface area contributed by atoms with Gasteiger partial charge in [-0.15, -0.1) is 0 Å². The molecule has 0 radical (unpaired) electrons. The molecule has 0 fully saturated rings. The first-order chi connectivity index (χ1) is 10.2. The summed E-state index contributed by atoms with van der Waals surface area (Å²) in [5.74, 6) is 0. The third-order valence-corrected chi connectivity index (χ3v) is 3.63. The maximum atomic E-state index is 6.16. The van der Waals surface area contributed by atoms with Crippen LogP contribution in [0.25, 0.3) is 12.2 Å². The summed E-state index contributed by atoms with van der Waals surface area (Å²) in [4.78, 5) is 0. The number of hydrogen-bond donors (Lipinski definition) is 2. The number of unbranched alkanes of at least 4 members (excludes halogenated alkanes) is 2. The van der Waals surface area contributed by atoms with E-state index in [0.717, 1.165) is 29.8 Å². The second-order valence-corrected chi connectivity index (χ2v) is 5.38. The van der Waals surface area contributed by atoms with Crippen molar-refractivity contribution in [1.29, 1.82) is 0 Å². The molecule has 2 rings (SSSR count). The fourth-order valence-corrected chi connectivity index (χ4v) is 2.48. The summed E-state index contributed by atoms with van der Waals surface area (Å²) in [5.41, 5.74) is 17.1. The molecule has 0 atom stereocenters. The van der Waals surface area contributed by atoms with Crippen molar-refractivity contribution >= 4 is 23.5 Å². The second-order valence-electron chi connectivity index (χ2n) is 5.38. The van der Waals surface area contributed by atoms with E-state index in [-0.39, 0.29) is 0 Å². The van der Waals surface area contributed by atoms with Crippen LogP contribution >= 0.6 is 0 Å². The molecule has 21 heavy (non-hydrogen) atoms. The van der Waals surface area contributed by atoms with E-state index in [1.807, 2.05) is 30.3 Å². The van der Waals surface area contributed by atoms with Crippen LogP contribution in [0.1, 0.15) is 42.9 Å². The Morgan fingerprint density at radius 3 is 2.43 bits per heavy atom. The first kappa shape index (κ1) is 15.2. The molecule has 0 amide bonds. The van der Waals surface area contributed by atoms with Gasteiger partial charge >= 0.3 is 0 Å². The standard InChI is InChI=1S/C19H24N2/c1-2-3-5-10-18-16(13-17(20)14-19(18)21)12-11-15-8-6-4-7-9-15/h4,6-9,11-14H,2-3,5,10,20-21H2,1H3. The fourth-order valence-electron chi connectivity index (χ4n) is 2.48. The predicted octanol–water partition coefficient (Wildman–Crippen LogP) is 4.75. The number of nitrogens with two attached hydrogens (primary N) is 2. The van der Waals surface area contributed by atoms with Crippen molar-refractivity contribution < 1.29 is 0 Å². The molecule has 2 nitrogen and oxygen atoms in total. The molecule has 0 spiro atoms. The minimum Gasteiger partial charge on any atom is -0.399 e. The normalized spacial score (nSPS) is 11.1. The van der Waals surface area contributed by atoms with Crippen molar-refractivity contribution in [3.8, 4) is 0 Å². The molecule has 4 N–H and O–H groups in total. The Morgan fingerprint density at radius 1 is 0.952 bits per heavy atom. The van der Waals surface area contributed by atoms with Crippen LogP contribution < -0.4 is 11.5 Å². The van der Waals surface area contributed by atoms with Crippen molar-refractivity contribution in [2.75, 3.05) is 11.5 Å². The molecule has 0 unspecified atom stereocenters. The summed E-state index contributed by atoms with van der Waals surface area (Å²) in [6.07, 6.45) is 8.84. The summed E-state index contributed by atoms with van der Waals surface area (Å²) in [5, 5.41) is 0. The molecule has 2 aromatic rings. The monoisotopic (exact) mass is 280 g/mol. The topological polar surface area (TPSA) is 52.0 Å². The van der Waals surface area contributed by atoms with Crippen LogP contribution in [0.4, 0.5) is 11.4 Å². The molecule has 0 heterocycles. The van der Waals surface area contributed by atoms with Crippen molar-refractivity contribution in [2.24, 2.45) is 0 Å². The van der Waals surface area contributed by atoms with Gasteiger partial charge in [0.2, 0.25) is 0 Å². The summed E-state index contributed by atoms with van der Waals surface area (Å²) in [6.45, 7) is 2.21. The summed E-state index contributed by atoms with van der Waals surface area (Å²) >= 11 is 0. The van der Waals surface area contributed by atoms with Crippen molar-refractivity contribution in [3.05, 3.63) is 59.2 Å². The molecule has 0 aromatic heterocycles. The minimum atomic E-state index is 0.722. The van der Waals surface area contributed by atoms with Gasteiger partial charge in [0.15, 0.2) is 0 Å². The van der Waals surface area contributed by atoms with Crippen molar-refractivity contribution in [2.45, 2.75) is 32.6 Å². The predicted molar refractivity (Wildman–Crippen MR) is 93.9 cm³/mol. The van der Waals surface area contributed by atoms with Crippen molar-refractivity contribution in [1.82, 2.24) is 0 Å². The Balaban J connectivity index is 2.26. The third kappa shape index (κ3) is 4.38. The van der Waals surface area contributed by atoms with E-state index < -0.39 is 0 Å². The number of benzene rings is 2. The van der Waals surface area contributed by atoms with E-state index in [1.54, 1.807) is 0 Å². The van der Waals surface area contributed by atoms with Crippen LogP contribution in [0, 0.1) is 0 Å². The number of anilines is 2. The van der Waals surface area contributed by atoms with Gasteiger partial charge < -0.3 is 11.5 Å². The van der Waals surface area contributed by atoms with E-state index in [0.29, 0.717) is 0 Å². The molecule has 0 aliphatic heterocycles. The van der Waals surface area contributed by atoms with Gasteiger partial charge in [0.05, 0.1) is 0 Å². The van der Waals surface area contributed by atoms with Gasteiger partial charge in [-0.3, -0.25) is 0 Å². The van der Waals surface area contributed by atoms with Gasteiger partial charge in [-0.2, -0.15) is 0 Å². The van der Waals surface area contributed by atoms with E-state index in [2.05, 4.69) is 31.2 Å². The van der Waals surface area contributed by atoms with Gasteiger partial charge in [-0.1, -0.05) is 62.2 Å². The van der Waals surface area contributed by atoms with Crippen LogP contribution in [0.2, 0.25) is 0 Å². The molecule has 0 aliphatic carbocycles. The summed E-state index contributed by atoms with van der Waals surface area (Å²) < 4.78 is 0. The van der Waals surface area contributed by atoms with Crippen LogP contribution in [0.15, 0.2) is 42.5 Å². The molecule has 0 saturated heterocycles. The maximum absolute atomic E-state index is 6.16. The van der Waals surface area contributed by atoms with E-state index >= 15 is 0 Å². The SMILES string of the molecule is CCCCCc1c(N)cc(N)cc1C=Cc1ccccc1. The van der Waals surface area contributed by atoms with Crippen LogP contribution in [0.5, 0.6) is 0 Å². The molecule has 2 heteroatoms. The molecule has 110 valence electrons. The van der Waals surface area contributed by atoms with Gasteiger partial charge in [-0.25, -0.2) is 0 Å². The average molecular weight is 280 g/mol. The zero-order chi connectivity index (χ0) is 15.1. The molecular formula is C19H24N2. The summed E-state index contributed by atoms with van der Waals surface area (Å²) in [7, 11) is 0. The number of nitrogen functional groups attached to an aromatic ring is 2. The van der Waals surface area contributed by atoms with Gasteiger partial charge in [0, 0.05) is 11.4 Å². The Kier molecular flexibility index (Phi) is 5.44. The average Bonchev–Trinajstić information content (AvgIpc) is 2.48. The Bertz CT molecular complexity index is 600. The molecule has 0 bridgehead atoms. The molecule has 0 saturated carbocycles. The zero-order valence-electron chi connectivity index (χ0n) is 12.7. The zero-order valence-corrected chi connectivity index (χ0v) is 12.7. The summed E-state index contributed by atoms with van der Waals surface area (Å²) in [6, 6.07) is 14.1. The Morgan fingerprint density at radius 2 is 1.71 bits per heavy atom. The highest BCUT2D eigenvalue weighted by Crippen LogP contribution is 2.25. The van der Waals surface area contributed by atoms with E-state index in [9.17, 15) is 0 Å². The van der Waals surface area contributed by atoms with Crippen LogP contribution in [-0.4, -0.2) is 0 Å². The molecule has 2 aromatic carbocycles. The second kappa shape index (κ2) is 7.53. The lowest BCUT2D eigenvalue weighted by atomic mass is 9.97. The van der Waals surface area contributed by atoms with Gasteiger partial charge in [0.1, 0.15) is 0 Å². The van der Waals surface area contributed by atoms with Crippen molar-refractivity contribution in [3.63, 3.8) is 0 Å². The highest BCUT2D eigenvalue weighted by molar-refractivity contribution is 5.76. The lowest BCUT2D eigenvalue weighted by molar-refractivity contribution is 0.718. The lowest BCUT2D eigenvalue weighted by Gasteiger charge is -2.11. The Labute approximate surface area is 127 Å². The molecule has 0 aliphatic rings. The highest BCUT2D eigenvalue weighted by atomic mass is 14.6. The molecular weight excluding hydrogens is 256 g/mol. The van der Waals surface area contributed by atoms with Gasteiger partial charge in [-0.05, 0) is 41.7 Å². The number of rotatable bonds is 6.